The van der Waals surface area contributed by atoms with Crippen LogP contribution in [0, 0.1) is 5.92 Å². The highest BCUT2D eigenvalue weighted by Gasteiger charge is 2.37. The lowest BCUT2D eigenvalue weighted by molar-refractivity contribution is -0.146. The van der Waals surface area contributed by atoms with Crippen molar-refractivity contribution in [1.82, 2.24) is 9.62 Å². The number of sulfonamides is 1. The van der Waals surface area contributed by atoms with Gasteiger partial charge >= 0.3 is 12.1 Å². The Morgan fingerprint density at radius 3 is 2.30 bits per heavy atom. The van der Waals surface area contributed by atoms with Gasteiger partial charge in [-0.15, -0.1) is 0 Å². The molecule has 1 heterocycles. The number of nitrogens with zero attached hydrogens (tertiary/aromatic N) is 2. The minimum absolute atomic E-state index is 0.0289. The van der Waals surface area contributed by atoms with Crippen molar-refractivity contribution < 1.29 is 27.6 Å². The molecule has 4 rings (SSSR count). The van der Waals surface area contributed by atoms with Crippen LogP contribution >= 0.6 is 0 Å². The van der Waals surface area contributed by atoms with E-state index in [9.17, 15) is 18.0 Å². The maximum absolute atomic E-state index is 13.3. The van der Waals surface area contributed by atoms with E-state index in [2.05, 4.69) is 10.5 Å². The number of carbonyl (C=O) groups excluding carboxylic acids is 2. The van der Waals surface area contributed by atoms with Gasteiger partial charge in [0.2, 0.25) is 10.0 Å². The summed E-state index contributed by atoms with van der Waals surface area (Å²) in [6.45, 7) is 0.381. The third-order valence-electron chi connectivity index (χ3n) is 7.41. The van der Waals surface area contributed by atoms with Crippen molar-refractivity contribution >= 4 is 27.9 Å². The number of oxime groups is 1. The van der Waals surface area contributed by atoms with Crippen LogP contribution < -0.4 is 11.1 Å². The first-order valence-electron chi connectivity index (χ1n) is 13.9. The molecular weight excluding hydrogens is 532 g/mol. The fraction of sp³-hybridized carbons (Fsp3) is 0.483. The Morgan fingerprint density at radius 1 is 0.950 bits per heavy atom. The second-order valence-corrected chi connectivity index (χ2v) is 12.3. The van der Waals surface area contributed by atoms with E-state index in [1.165, 1.54) is 4.31 Å². The summed E-state index contributed by atoms with van der Waals surface area (Å²) in [4.78, 5) is 30.8. The van der Waals surface area contributed by atoms with E-state index in [-0.39, 0.29) is 24.1 Å². The van der Waals surface area contributed by atoms with Crippen LogP contribution in [0.15, 0.2) is 65.8 Å². The quantitative estimate of drug-likeness (QED) is 0.188. The Kier molecular flexibility index (Phi) is 10.5. The molecule has 2 aliphatic rings. The van der Waals surface area contributed by atoms with Crippen LogP contribution in [-0.2, 0) is 31.0 Å². The van der Waals surface area contributed by atoms with Crippen molar-refractivity contribution in [2.24, 2.45) is 16.8 Å². The Bertz CT molecular complexity index is 1250. The van der Waals surface area contributed by atoms with Gasteiger partial charge in [-0.25, -0.2) is 18.0 Å². The molecule has 0 spiro atoms. The molecule has 2 aromatic rings. The zero-order valence-electron chi connectivity index (χ0n) is 22.6. The largest absolute Gasteiger partial charge is 0.445 e. The predicted molar refractivity (Wildman–Crippen MR) is 151 cm³/mol. The van der Waals surface area contributed by atoms with Gasteiger partial charge in [0.05, 0.1) is 11.8 Å². The molecule has 1 aliphatic carbocycles. The van der Waals surface area contributed by atoms with Crippen molar-refractivity contribution in [3.05, 3.63) is 71.8 Å². The number of amides is 1. The number of nitrogens with one attached hydrogen (secondary N) is 1. The molecule has 2 atom stereocenters. The summed E-state index contributed by atoms with van der Waals surface area (Å²) in [5, 5.41) is 6.39. The average Bonchev–Trinajstić information content (AvgIpc) is 2.98. The van der Waals surface area contributed by atoms with E-state index in [0.29, 0.717) is 18.5 Å². The van der Waals surface area contributed by atoms with Crippen molar-refractivity contribution in [3.8, 4) is 0 Å². The Balaban J connectivity index is 1.42. The topological polar surface area (TPSA) is 140 Å². The minimum atomic E-state index is -3.56. The molecule has 11 heteroatoms. The fourth-order valence-electron chi connectivity index (χ4n) is 5.30. The number of alkyl carbamates (subject to hydrolysis) is 1. The number of rotatable bonds is 10. The third kappa shape index (κ3) is 8.28. The fourth-order valence-corrected chi connectivity index (χ4v) is 7.43. The zero-order valence-corrected chi connectivity index (χ0v) is 23.4. The lowest BCUT2D eigenvalue weighted by atomic mass is 9.91. The van der Waals surface area contributed by atoms with E-state index in [1.807, 2.05) is 30.3 Å². The minimum Gasteiger partial charge on any atom is -0.445 e. The van der Waals surface area contributed by atoms with Crippen molar-refractivity contribution in [3.63, 3.8) is 0 Å². The summed E-state index contributed by atoms with van der Waals surface area (Å²) >= 11 is 0. The van der Waals surface area contributed by atoms with Crippen LogP contribution in [-0.4, -0.2) is 49.0 Å². The molecule has 1 amide bonds. The Morgan fingerprint density at radius 2 is 1.60 bits per heavy atom. The number of ether oxygens (including phenoxy) is 1. The monoisotopic (exact) mass is 570 g/mol. The first kappa shape index (κ1) is 29.5. The van der Waals surface area contributed by atoms with Gasteiger partial charge in [-0.05, 0) is 42.7 Å². The van der Waals surface area contributed by atoms with Crippen LogP contribution in [0.5, 0.6) is 0 Å². The van der Waals surface area contributed by atoms with Crippen molar-refractivity contribution in [1.29, 1.82) is 0 Å². The maximum atomic E-state index is 13.3. The van der Waals surface area contributed by atoms with Crippen molar-refractivity contribution in [2.75, 3.05) is 12.3 Å². The molecular formula is C29H38N4O6S. The standard InChI is InChI=1S/C29H38N4O6S/c30-27(25-18-10-11-19-33(25)40(36,37)21-23-14-6-2-7-15-23)32-39-28(34)26(24-16-8-3-9-17-24)31-29(35)38-20-22-12-4-1-5-13-22/h1,3-5,8-9,12-13,16-17,23,25-26H,2,6-7,10-11,14-15,18-21H2,(H2,30,32)(H,31,35)/t25-,26-/m0/s1. The molecule has 216 valence electrons. The number of amidine groups is 1. The van der Waals surface area contributed by atoms with Crippen molar-refractivity contribution in [2.45, 2.75) is 70.1 Å². The molecule has 1 saturated carbocycles. The molecule has 10 nitrogen and oxygen atoms in total. The van der Waals surface area contributed by atoms with E-state index < -0.39 is 34.2 Å². The summed E-state index contributed by atoms with van der Waals surface area (Å²) in [5.41, 5.74) is 7.48. The zero-order chi connectivity index (χ0) is 28.4. The van der Waals surface area contributed by atoms with E-state index in [0.717, 1.165) is 50.5 Å². The molecule has 0 aromatic heterocycles. The number of hydrogen-bond donors (Lipinski definition) is 2. The average molecular weight is 571 g/mol. The molecule has 2 fully saturated rings. The second-order valence-electron chi connectivity index (χ2n) is 10.4. The highest BCUT2D eigenvalue weighted by Crippen LogP contribution is 2.28. The lowest BCUT2D eigenvalue weighted by Crippen LogP contribution is -2.51. The van der Waals surface area contributed by atoms with Gasteiger partial charge in [0.1, 0.15) is 6.61 Å². The van der Waals surface area contributed by atoms with Gasteiger partial charge in [-0.3, -0.25) is 0 Å². The van der Waals surface area contributed by atoms with Crippen LogP contribution in [0.3, 0.4) is 0 Å². The van der Waals surface area contributed by atoms with Gasteiger partial charge < -0.3 is 20.6 Å². The van der Waals surface area contributed by atoms with E-state index >= 15 is 0 Å². The summed E-state index contributed by atoms with van der Waals surface area (Å²) in [7, 11) is -3.56. The first-order valence-corrected chi connectivity index (χ1v) is 15.5. The lowest BCUT2D eigenvalue weighted by Gasteiger charge is -2.35. The molecule has 0 bridgehead atoms. The molecule has 3 N–H and O–H groups in total. The van der Waals surface area contributed by atoms with E-state index in [4.69, 9.17) is 15.3 Å². The number of hydrogen-bond acceptors (Lipinski definition) is 7. The van der Waals surface area contributed by atoms with Crippen LogP contribution in [0.4, 0.5) is 4.79 Å². The number of benzene rings is 2. The number of piperidine rings is 1. The van der Waals surface area contributed by atoms with Gasteiger partial charge in [0.25, 0.3) is 0 Å². The van der Waals surface area contributed by atoms with Crippen LogP contribution in [0.2, 0.25) is 0 Å². The normalized spacial score (nSPS) is 19.9. The Labute approximate surface area is 235 Å². The summed E-state index contributed by atoms with van der Waals surface area (Å²) in [5.74, 6) is -0.713. The van der Waals surface area contributed by atoms with E-state index in [1.54, 1.807) is 30.3 Å². The number of carbonyl (C=O) groups is 2. The first-order chi connectivity index (χ1) is 19.3. The SMILES string of the molecule is N/C(=N/OC(=O)[C@@H](NC(=O)OCc1ccccc1)c1ccccc1)[C@@H]1CCCCN1S(=O)(=O)CC1CCCCC1. The third-order valence-corrected chi connectivity index (χ3v) is 9.45. The highest BCUT2D eigenvalue weighted by atomic mass is 32.2. The summed E-state index contributed by atoms with van der Waals surface area (Å²) < 4.78 is 33.4. The predicted octanol–water partition coefficient (Wildman–Crippen LogP) is 4.23. The van der Waals surface area contributed by atoms with Crippen LogP contribution in [0.25, 0.3) is 0 Å². The van der Waals surface area contributed by atoms with Crippen LogP contribution in [0.1, 0.15) is 68.5 Å². The van der Waals surface area contributed by atoms with Gasteiger partial charge in [0.15, 0.2) is 11.9 Å². The molecule has 1 saturated heterocycles. The highest BCUT2D eigenvalue weighted by molar-refractivity contribution is 7.89. The number of nitrogens with two attached hydrogens (primary N) is 1. The van der Waals surface area contributed by atoms with Gasteiger partial charge in [-0.2, -0.15) is 4.31 Å². The van der Waals surface area contributed by atoms with Gasteiger partial charge in [0, 0.05) is 6.54 Å². The smallest absolute Gasteiger partial charge is 0.408 e. The molecule has 0 unspecified atom stereocenters. The molecule has 0 radical (unpaired) electrons. The summed E-state index contributed by atoms with van der Waals surface area (Å²) in [6, 6.07) is 15.8. The second kappa shape index (κ2) is 14.3. The molecule has 40 heavy (non-hydrogen) atoms. The summed E-state index contributed by atoms with van der Waals surface area (Å²) in [6.07, 6.45) is 6.30. The Hall–Kier alpha value is -3.44. The maximum Gasteiger partial charge on any atom is 0.408 e. The molecule has 1 aliphatic heterocycles. The molecule has 2 aromatic carbocycles. The van der Waals surface area contributed by atoms with Gasteiger partial charge in [-0.1, -0.05) is 91.5 Å².